The molecule has 0 amide bonds. The molecule has 2 heterocycles. The largest absolute Gasteiger partial charge is 0.455 e. The quantitative estimate of drug-likeness (QED) is 0.490. The number of hydrogen-bond donors (Lipinski definition) is 0. The zero-order chi connectivity index (χ0) is 17.2. The number of benzene rings is 1. The van der Waals surface area contributed by atoms with Crippen molar-refractivity contribution in [3.8, 4) is 11.5 Å². The van der Waals surface area contributed by atoms with Crippen LogP contribution in [0.4, 0.5) is 0 Å². The molecule has 6 heteroatoms. The lowest BCUT2D eigenvalue weighted by Gasteiger charge is -2.29. The minimum absolute atomic E-state index is 0.184. The molecule has 0 aliphatic carbocycles. The first-order valence-electron chi connectivity index (χ1n) is 7.30. The topological polar surface area (TPSA) is 74.7 Å². The van der Waals surface area contributed by atoms with Crippen molar-refractivity contribution in [2.24, 2.45) is 0 Å². The van der Waals surface area contributed by atoms with Crippen LogP contribution in [0.5, 0.6) is 11.5 Å². The second-order valence-corrected chi connectivity index (χ2v) is 5.57. The van der Waals surface area contributed by atoms with Crippen LogP contribution in [0.25, 0.3) is 6.08 Å². The molecule has 0 saturated carbocycles. The minimum Gasteiger partial charge on any atom is -0.455 e. The summed E-state index contributed by atoms with van der Waals surface area (Å²) in [5, 5.41) is 0. The van der Waals surface area contributed by atoms with Crippen molar-refractivity contribution < 1.29 is 23.8 Å². The maximum absolute atomic E-state index is 12.1. The Labute approximate surface area is 138 Å². The Kier molecular flexibility index (Phi) is 4.04. The third kappa shape index (κ3) is 3.43. The van der Waals surface area contributed by atoms with E-state index in [-0.39, 0.29) is 5.57 Å². The molecule has 0 atom stereocenters. The number of ether oxygens (including phenoxy) is 3. The van der Waals surface area contributed by atoms with Gasteiger partial charge in [-0.3, -0.25) is 4.98 Å². The maximum atomic E-state index is 12.1. The van der Waals surface area contributed by atoms with Gasteiger partial charge in [0.1, 0.15) is 17.1 Å². The van der Waals surface area contributed by atoms with Gasteiger partial charge in [-0.15, -0.1) is 0 Å². The molecule has 3 rings (SSSR count). The minimum atomic E-state index is -1.27. The van der Waals surface area contributed by atoms with Crippen molar-refractivity contribution in [3.63, 3.8) is 0 Å². The van der Waals surface area contributed by atoms with Crippen molar-refractivity contribution in [1.82, 2.24) is 4.98 Å². The van der Waals surface area contributed by atoms with E-state index < -0.39 is 17.7 Å². The number of carbonyl (C=O) groups excluding carboxylic acids is 2. The summed E-state index contributed by atoms with van der Waals surface area (Å²) >= 11 is 0. The highest BCUT2D eigenvalue weighted by Crippen LogP contribution is 2.29. The highest BCUT2D eigenvalue weighted by molar-refractivity contribution is 6.19. The lowest BCUT2D eigenvalue weighted by atomic mass is 10.1. The molecule has 0 radical (unpaired) electrons. The van der Waals surface area contributed by atoms with Crippen molar-refractivity contribution in [1.29, 1.82) is 0 Å². The number of hydrogen-bond acceptors (Lipinski definition) is 6. The molecule has 1 aliphatic heterocycles. The lowest BCUT2D eigenvalue weighted by molar-refractivity contribution is -0.222. The maximum Gasteiger partial charge on any atom is 0.348 e. The molecular formula is C18H15NO5. The molecule has 1 aromatic carbocycles. The highest BCUT2D eigenvalue weighted by atomic mass is 16.7. The van der Waals surface area contributed by atoms with Gasteiger partial charge >= 0.3 is 11.9 Å². The summed E-state index contributed by atoms with van der Waals surface area (Å²) in [5.74, 6) is -1.71. The van der Waals surface area contributed by atoms with E-state index in [1.165, 1.54) is 19.9 Å². The highest BCUT2D eigenvalue weighted by Gasteiger charge is 2.38. The smallest absolute Gasteiger partial charge is 0.348 e. The summed E-state index contributed by atoms with van der Waals surface area (Å²) in [4.78, 5) is 28.1. The molecule has 0 N–H and O–H groups in total. The molecular weight excluding hydrogens is 310 g/mol. The van der Waals surface area contributed by atoms with Gasteiger partial charge < -0.3 is 14.2 Å². The van der Waals surface area contributed by atoms with E-state index >= 15 is 0 Å². The second-order valence-electron chi connectivity index (χ2n) is 5.57. The van der Waals surface area contributed by atoms with E-state index in [0.717, 1.165) is 0 Å². The summed E-state index contributed by atoms with van der Waals surface area (Å²) in [7, 11) is 0. The van der Waals surface area contributed by atoms with Gasteiger partial charge in [-0.25, -0.2) is 9.59 Å². The van der Waals surface area contributed by atoms with E-state index in [1.54, 1.807) is 48.8 Å². The monoisotopic (exact) mass is 325 g/mol. The van der Waals surface area contributed by atoms with Gasteiger partial charge in [-0.1, -0.05) is 18.2 Å². The van der Waals surface area contributed by atoms with Crippen LogP contribution in [0, 0.1) is 0 Å². The summed E-state index contributed by atoms with van der Waals surface area (Å²) in [6.45, 7) is 3.00. The summed E-state index contributed by atoms with van der Waals surface area (Å²) in [6, 6.07) is 10.5. The Bertz CT molecular complexity index is 789. The van der Waals surface area contributed by atoms with Crippen LogP contribution in [0.2, 0.25) is 0 Å². The third-order valence-corrected chi connectivity index (χ3v) is 3.20. The van der Waals surface area contributed by atoms with Crippen LogP contribution in [0.3, 0.4) is 0 Å². The van der Waals surface area contributed by atoms with E-state index in [4.69, 9.17) is 14.2 Å². The predicted octanol–water partition coefficient (Wildman–Crippen LogP) is 3.09. The van der Waals surface area contributed by atoms with Crippen LogP contribution in [0.15, 0.2) is 54.4 Å². The molecule has 1 fully saturated rings. The normalized spacial score (nSPS) is 16.2. The summed E-state index contributed by atoms with van der Waals surface area (Å²) in [6.07, 6.45) is 4.59. The van der Waals surface area contributed by atoms with Crippen molar-refractivity contribution in [2.75, 3.05) is 0 Å². The number of carbonyl (C=O) groups is 2. The fourth-order valence-electron chi connectivity index (χ4n) is 2.16. The summed E-state index contributed by atoms with van der Waals surface area (Å²) < 4.78 is 15.9. The lowest BCUT2D eigenvalue weighted by Crippen LogP contribution is -2.41. The molecule has 24 heavy (non-hydrogen) atoms. The van der Waals surface area contributed by atoms with Crippen LogP contribution in [0.1, 0.15) is 19.4 Å². The third-order valence-electron chi connectivity index (χ3n) is 3.20. The van der Waals surface area contributed by atoms with E-state index in [0.29, 0.717) is 17.1 Å². The molecule has 1 aliphatic rings. The van der Waals surface area contributed by atoms with E-state index in [2.05, 4.69) is 4.98 Å². The number of cyclic esters (lactones) is 2. The molecule has 122 valence electrons. The number of aromatic nitrogens is 1. The van der Waals surface area contributed by atoms with Crippen molar-refractivity contribution in [2.45, 2.75) is 19.6 Å². The Hall–Kier alpha value is -3.15. The SMILES string of the molecule is CC1(C)OC(=O)C(=Cc2ccccc2Oc2cccnc2)C(=O)O1. The van der Waals surface area contributed by atoms with Crippen LogP contribution >= 0.6 is 0 Å². The first kappa shape index (κ1) is 15.7. The van der Waals surface area contributed by atoms with Gasteiger partial charge in [0, 0.05) is 25.6 Å². The van der Waals surface area contributed by atoms with Gasteiger partial charge in [-0.2, -0.15) is 0 Å². The van der Waals surface area contributed by atoms with Gasteiger partial charge in [0.05, 0.1) is 6.20 Å². The number of rotatable bonds is 3. The number of nitrogens with zero attached hydrogens (tertiary/aromatic N) is 1. The van der Waals surface area contributed by atoms with Gasteiger partial charge in [-0.05, 0) is 24.3 Å². The van der Waals surface area contributed by atoms with Crippen LogP contribution in [-0.4, -0.2) is 22.7 Å². The number of para-hydroxylation sites is 1. The first-order valence-corrected chi connectivity index (χ1v) is 7.30. The van der Waals surface area contributed by atoms with E-state index in [1.807, 2.05) is 0 Å². The molecule has 0 bridgehead atoms. The molecule has 0 spiro atoms. The Morgan fingerprint density at radius 1 is 1.04 bits per heavy atom. The molecule has 1 saturated heterocycles. The Morgan fingerprint density at radius 3 is 2.42 bits per heavy atom. The van der Waals surface area contributed by atoms with Crippen molar-refractivity contribution >= 4 is 18.0 Å². The van der Waals surface area contributed by atoms with Gasteiger partial charge in [0.2, 0.25) is 0 Å². The average Bonchev–Trinajstić information content (AvgIpc) is 2.52. The first-order chi connectivity index (χ1) is 11.4. The Morgan fingerprint density at radius 2 is 1.75 bits per heavy atom. The predicted molar refractivity (Wildman–Crippen MR) is 85.0 cm³/mol. The molecule has 1 aromatic heterocycles. The van der Waals surface area contributed by atoms with E-state index in [9.17, 15) is 9.59 Å². The zero-order valence-corrected chi connectivity index (χ0v) is 13.2. The molecule has 2 aromatic rings. The molecule has 6 nitrogen and oxygen atoms in total. The van der Waals surface area contributed by atoms with Crippen LogP contribution in [-0.2, 0) is 19.1 Å². The van der Waals surface area contributed by atoms with Gasteiger partial charge in [0.15, 0.2) is 0 Å². The fourth-order valence-corrected chi connectivity index (χ4v) is 2.16. The average molecular weight is 325 g/mol. The summed E-state index contributed by atoms with van der Waals surface area (Å²) in [5.41, 5.74) is 0.363. The van der Waals surface area contributed by atoms with Crippen molar-refractivity contribution in [3.05, 3.63) is 59.9 Å². The fraction of sp³-hybridized carbons (Fsp3) is 0.167. The second kappa shape index (κ2) is 6.16. The number of esters is 2. The van der Waals surface area contributed by atoms with Crippen LogP contribution < -0.4 is 4.74 Å². The Balaban J connectivity index is 1.93. The number of pyridine rings is 1. The standard InChI is InChI=1S/C18H15NO5/c1-18(2)23-16(20)14(17(21)24-18)10-12-6-3-4-8-15(12)22-13-7-5-9-19-11-13/h3-11H,1-2H3. The zero-order valence-electron chi connectivity index (χ0n) is 13.2. The van der Waals surface area contributed by atoms with Gasteiger partial charge in [0.25, 0.3) is 5.79 Å². The molecule has 0 unspecified atom stereocenters.